The highest BCUT2D eigenvalue weighted by Crippen LogP contribution is 2.28. The number of carbonyl (C=O) groups excluding carboxylic acids is 2. The molecule has 1 saturated heterocycles. The number of hydrogen-bond donors (Lipinski definition) is 1. The van der Waals surface area contributed by atoms with Crippen molar-refractivity contribution in [2.45, 2.75) is 25.3 Å². The third-order valence-electron chi connectivity index (χ3n) is 5.58. The molecule has 3 heterocycles. The average Bonchev–Trinajstić information content (AvgIpc) is 3.35. The minimum atomic E-state index is -1.39. The van der Waals surface area contributed by atoms with E-state index in [1.54, 1.807) is 19.2 Å². The Morgan fingerprint density at radius 3 is 2.38 bits per heavy atom. The lowest BCUT2D eigenvalue weighted by Crippen LogP contribution is -2.45. The normalized spacial score (nSPS) is 15.6. The van der Waals surface area contributed by atoms with E-state index in [4.69, 9.17) is 9.15 Å². The molecule has 2 bridgehead atoms. The molecule has 0 radical (unpaired) electrons. The molecule has 0 unspecified atom stereocenters. The zero-order valence-corrected chi connectivity index (χ0v) is 16.3. The van der Waals surface area contributed by atoms with Crippen LogP contribution in [0.2, 0.25) is 0 Å². The Balaban J connectivity index is 1.28. The molecule has 1 fully saturated rings. The average molecular weight is 395 g/mol. The highest BCUT2D eigenvalue weighted by atomic mass is 16.5. The monoisotopic (exact) mass is 395 g/mol. The number of hydrogen-bond acceptors (Lipinski definition) is 6. The highest BCUT2D eigenvalue weighted by Gasteiger charge is 2.27. The Kier molecular flexibility index (Phi) is 5.40. The van der Waals surface area contributed by atoms with E-state index in [-0.39, 0.29) is 28.3 Å². The minimum Gasteiger partial charge on any atom is -0.545 e. The number of amides is 1. The number of carbonyl (C=O) groups is 2. The van der Waals surface area contributed by atoms with E-state index >= 15 is 0 Å². The van der Waals surface area contributed by atoms with E-state index in [2.05, 4.69) is 22.3 Å². The molecular weight excluding hydrogens is 372 g/mol. The van der Waals surface area contributed by atoms with Crippen molar-refractivity contribution >= 4 is 23.0 Å². The van der Waals surface area contributed by atoms with Crippen molar-refractivity contribution in [3.63, 3.8) is 0 Å². The Bertz CT molecular complexity index is 986. The molecule has 1 N–H and O–H groups in total. The van der Waals surface area contributed by atoms with E-state index < -0.39 is 11.9 Å². The maximum Gasteiger partial charge on any atom is 0.256 e. The lowest BCUT2D eigenvalue weighted by molar-refractivity contribution is -0.254. The number of likely N-dealkylation sites (tertiary alicyclic amines) is 1. The maximum absolute atomic E-state index is 12.6. The first-order valence-corrected chi connectivity index (χ1v) is 9.77. The predicted octanol–water partition coefficient (Wildman–Crippen LogP) is 1.68. The molecule has 0 aliphatic carbocycles. The zero-order valence-electron chi connectivity index (χ0n) is 16.3. The van der Waals surface area contributed by atoms with Gasteiger partial charge in [0.2, 0.25) is 0 Å². The Labute approximate surface area is 168 Å². The minimum absolute atomic E-state index is 0.0175. The van der Waals surface area contributed by atoms with Crippen LogP contribution in [0.1, 0.15) is 39.1 Å². The first-order chi connectivity index (χ1) is 14.0. The molecule has 7 heteroatoms. The summed E-state index contributed by atoms with van der Waals surface area (Å²) in [6.45, 7) is 2.73. The number of nitrogens with one attached hydrogen (secondary N) is 1. The molecule has 152 valence electrons. The van der Waals surface area contributed by atoms with Crippen LogP contribution in [0.5, 0.6) is 5.75 Å². The van der Waals surface area contributed by atoms with Gasteiger partial charge < -0.3 is 29.3 Å². The highest BCUT2D eigenvalue weighted by molar-refractivity contribution is 6.13. The smallest absolute Gasteiger partial charge is 0.256 e. The molecule has 1 aliphatic rings. The van der Waals surface area contributed by atoms with Gasteiger partial charge in [-0.15, -0.1) is 0 Å². The zero-order chi connectivity index (χ0) is 20.4. The number of ether oxygens (including phenoxy) is 1. The molecule has 29 heavy (non-hydrogen) atoms. The fourth-order valence-electron chi connectivity index (χ4n) is 3.92. The number of fused-ring (bicyclic) bond motifs is 2. The SMILES string of the molecule is COc1ccc(CCN2CCC(NC(=O)c3c(C(=O)[O-])c4ccc3o4)CC2)cc1. The summed E-state index contributed by atoms with van der Waals surface area (Å²) in [4.78, 5) is 26.4. The van der Waals surface area contributed by atoms with Crippen molar-refractivity contribution in [2.75, 3.05) is 26.7 Å². The van der Waals surface area contributed by atoms with Gasteiger partial charge in [0.15, 0.2) is 0 Å². The van der Waals surface area contributed by atoms with Gasteiger partial charge in [0.1, 0.15) is 16.9 Å². The van der Waals surface area contributed by atoms with E-state index in [1.165, 1.54) is 5.56 Å². The summed E-state index contributed by atoms with van der Waals surface area (Å²) in [5, 5.41) is 14.3. The molecule has 1 aromatic carbocycles. The van der Waals surface area contributed by atoms with Crippen LogP contribution < -0.4 is 15.2 Å². The van der Waals surface area contributed by atoms with E-state index in [0.717, 1.165) is 44.6 Å². The summed E-state index contributed by atoms with van der Waals surface area (Å²) >= 11 is 0. The number of carboxylic acid groups (broad SMARTS) is 1. The molecule has 0 atom stereocenters. The van der Waals surface area contributed by atoms with Crippen LogP contribution in [0.25, 0.3) is 11.2 Å². The molecule has 1 amide bonds. The lowest BCUT2D eigenvalue weighted by Gasteiger charge is -2.32. The lowest BCUT2D eigenvalue weighted by atomic mass is 10.0. The van der Waals surface area contributed by atoms with E-state index in [1.807, 2.05) is 12.1 Å². The van der Waals surface area contributed by atoms with Crippen molar-refractivity contribution in [1.29, 1.82) is 0 Å². The van der Waals surface area contributed by atoms with Crippen LogP contribution in [-0.2, 0) is 6.42 Å². The first-order valence-electron chi connectivity index (χ1n) is 9.77. The largest absolute Gasteiger partial charge is 0.545 e. The summed E-state index contributed by atoms with van der Waals surface area (Å²) in [5.41, 5.74) is 1.65. The van der Waals surface area contributed by atoms with Crippen molar-refractivity contribution < 1.29 is 23.8 Å². The number of piperidine rings is 1. The van der Waals surface area contributed by atoms with Crippen molar-refractivity contribution in [3.8, 4) is 5.75 Å². The molecular formula is C22H23N2O5-. The van der Waals surface area contributed by atoms with Gasteiger partial charge in [-0.05, 0) is 49.1 Å². The van der Waals surface area contributed by atoms with Gasteiger partial charge in [0, 0.05) is 25.7 Å². The van der Waals surface area contributed by atoms with Crippen LogP contribution >= 0.6 is 0 Å². The van der Waals surface area contributed by atoms with Gasteiger partial charge >= 0.3 is 0 Å². The predicted molar refractivity (Wildman–Crippen MR) is 105 cm³/mol. The molecule has 1 aliphatic heterocycles. The molecule has 0 saturated carbocycles. The molecule has 2 aromatic heterocycles. The number of carboxylic acids is 1. The maximum atomic E-state index is 12.6. The third-order valence-corrected chi connectivity index (χ3v) is 5.58. The number of nitrogens with zero attached hydrogens (tertiary/aromatic N) is 1. The summed E-state index contributed by atoms with van der Waals surface area (Å²) in [7, 11) is 1.66. The number of rotatable bonds is 7. The van der Waals surface area contributed by atoms with Gasteiger partial charge in [-0.1, -0.05) is 12.1 Å². The van der Waals surface area contributed by atoms with Gasteiger partial charge in [-0.2, -0.15) is 0 Å². The van der Waals surface area contributed by atoms with Crippen molar-refractivity contribution in [1.82, 2.24) is 10.2 Å². The fourth-order valence-corrected chi connectivity index (χ4v) is 3.92. The number of benzene rings is 2. The summed E-state index contributed by atoms with van der Waals surface area (Å²) < 4.78 is 10.5. The Morgan fingerprint density at radius 1 is 1.10 bits per heavy atom. The van der Waals surface area contributed by atoms with Crippen molar-refractivity contribution in [2.24, 2.45) is 0 Å². The van der Waals surface area contributed by atoms with Gasteiger partial charge in [0.25, 0.3) is 5.91 Å². The van der Waals surface area contributed by atoms with Crippen LogP contribution in [0.4, 0.5) is 0 Å². The van der Waals surface area contributed by atoms with Crippen molar-refractivity contribution in [3.05, 3.63) is 53.1 Å². The Morgan fingerprint density at radius 2 is 1.76 bits per heavy atom. The fraction of sp³-hybridized carbons (Fsp3) is 0.364. The summed E-state index contributed by atoms with van der Waals surface area (Å²) in [5.74, 6) is -0.941. The standard InChI is InChI=1S/C22H24N2O5/c1-28-16-4-2-14(3-5-16)8-11-24-12-9-15(10-13-24)23-21(25)19-17-6-7-18(29-17)20(19)22(26)27/h2-7,15H,8-13H2,1H3,(H,23,25)(H,26,27)/p-1. The second-order valence-corrected chi connectivity index (χ2v) is 7.39. The number of methoxy groups -OCH3 is 1. The van der Waals surface area contributed by atoms with Crippen LogP contribution in [0.15, 0.2) is 40.8 Å². The third kappa shape index (κ3) is 4.05. The van der Waals surface area contributed by atoms with Gasteiger partial charge in [-0.25, -0.2) is 0 Å². The number of aromatic carboxylic acids is 1. The quantitative estimate of drug-likeness (QED) is 0.654. The second-order valence-electron chi connectivity index (χ2n) is 7.39. The molecule has 7 nitrogen and oxygen atoms in total. The molecule has 3 aromatic rings. The molecule has 0 spiro atoms. The molecule has 4 rings (SSSR count). The van der Waals surface area contributed by atoms with Crippen LogP contribution in [-0.4, -0.2) is 49.6 Å². The second kappa shape index (κ2) is 8.13. The van der Waals surface area contributed by atoms with E-state index in [9.17, 15) is 14.7 Å². The van der Waals surface area contributed by atoms with Gasteiger partial charge in [-0.3, -0.25) is 4.79 Å². The topological polar surface area (TPSA) is 94.8 Å². The van der Waals surface area contributed by atoms with Crippen LogP contribution in [0, 0.1) is 0 Å². The Hall–Kier alpha value is -3.06. The number of furan rings is 2. The van der Waals surface area contributed by atoms with Crippen LogP contribution in [0.3, 0.4) is 0 Å². The summed E-state index contributed by atoms with van der Waals surface area (Å²) in [6.07, 6.45) is 2.61. The summed E-state index contributed by atoms with van der Waals surface area (Å²) in [6, 6.07) is 11.3. The van der Waals surface area contributed by atoms with Gasteiger partial charge in [0.05, 0.1) is 24.2 Å². The van der Waals surface area contributed by atoms with E-state index in [0.29, 0.717) is 0 Å². The first kappa shape index (κ1) is 19.3.